The van der Waals surface area contributed by atoms with Crippen molar-refractivity contribution < 1.29 is 23.5 Å². The second kappa shape index (κ2) is 9.62. The number of anilines is 3. The van der Waals surface area contributed by atoms with Crippen molar-refractivity contribution in [1.82, 2.24) is 0 Å². The highest BCUT2D eigenvalue weighted by Crippen LogP contribution is 2.19. The number of nitrogens with zero attached hydrogens (tertiary/aromatic N) is 1. The Bertz CT molecular complexity index is 1060. The molecular formula is C23H23N3O5. The Balaban J connectivity index is 1.64. The highest BCUT2D eigenvalue weighted by atomic mass is 16.5. The van der Waals surface area contributed by atoms with Gasteiger partial charge in [0.2, 0.25) is 0 Å². The molecule has 0 saturated heterocycles. The van der Waals surface area contributed by atoms with Crippen molar-refractivity contribution in [2.75, 3.05) is 29.6 Å². The molecule has 0 aliphatic rings. The van der Waals surface area contributed by atoms with Crippen LogP contribution in [-0.4, -0.2) is 38.0 Å². The van der Waals surface area contributed by atoms with E-state index in [-0.39, 0.29) is 17.0 Å². The highest BCUT2D eigenvalue weighted by molar-refractivity contribution is 6.07. The third-order valence-corrected chi connectivity index (χ3v) is 4.44. The Morgan fingerprint density at radius 2 is 1.65 bits per heavy atom. The molecule has 1 unspecified atom stereocenters. The number of rotatable bonds is 7. The number of ether oxygens (including phenoxy) is 1. The maximum absolute atomic E-state index is 12.6. The van der Waals surface area contributed by atoms with Crippen molar-refractivity contribution in [3.05, 3.63) is 78.3 Å². The molecule has 2 amide bonds. The lowest BCUT2D eigenvalue weighted by Gasteiger charge is -2.16. The zero-order valence-corrected chi connectivity index (χ0v) is 17.4. The largest absolute Gasteiger partial charge is 0.459 e. The summed E-state index contributed by atoms with van der Waals surface area (Å²) in [7, 11) is 3.84. The molecule has 8 heteroatoms. The van der Waals surface area contributed by atoms with Gasteiger partial charge in [-0.15, -0.1) is 0 Å². The van der Waals surface area contributed by atoms with E-state index in [1.165, 1.54) is 25.3 Å². The molecule has 1 heterocycles. The molecular weight excluding hydrogens is 398 g/mol. The van der Waals surface area contributed by atoms with Crippen LogP contribution in [0.25, 0.3) is 0 Å². The van der Waals surface area contributed by atoms with E-state index < -0.39 is 23.9 Å². The molecule has 0 saturated carbocycles. The fraction of sp³-hybridized carbons (Fsp3) is 0.174. The van der Waals surface area contributed by atoms with Gasteiger partial charge in [0.15, 0.2) is 11.9 Å². The molecule has 2 aromatic carbocycles. The van der Waals surface area contributed by atoms with Gasteiger partial charge in [0.05, 0.1) is 17.5 Å². The van der Waals surface area contributed by atoms with E-state index in [4.69, 9.17) is 9.15 Å². The molecule has 8 nitrogen and oxygen atoms in total. The monoisotopic (exact) mass is 421 g/mol. The van der Waals surface area contributed by atoms with E-state index in [0.29, 0.717) is 5.69 Å². The Kier molecular flexibility index (Phi) is 6.71. The molecule has 0 aliphatic heterocycles. The summed E-state index contributed by atoms with van der Waals surface area (Å²) >= 11 is 0. The third kappa shape index (κ3) is 5.51. The molecule has 3 rings (SSSR count). The third-order valence-electron chi connectivity index (χ3n) is 4.44. The lowest BCUT2D eigenvalue weighted by atomic mass is 10.1. The highest BCUT2D eigenvalue weighted by Gasteiger charge is 2.22. The lowest BCUT2D eigenvalue weighted by Crippen LogP contribution is -2.30. The second-order valence-electron chi connectivity index (χ2n) is 6.96. The summed E-state index contributed by atoms with van der Waals surface area (Å²) in [4.78, 5) is 39.2. The summed E-state index contributed by atoms with van der Waals surface area (Å²) in [6.45, 7) is 1.48. The number of para-hydroxylation sites is 1. The first-order valence-electron chi connectivity index (χ1n) is 9.58. The van der Waals surface area contributed by atoms with Gasteiger partial charge in [-0.1, -0.05) is 12.1 Å². The van der Waals surface area contributed by atoms with Crippen LogP contribution in [-0.2, 0) is 9.53 Å². The van der Waals surface area contributed by atoms with Crippen LogP contribution in [0.2, 0.25) is 0 Å². The maximum Gasteiger partial charge on any atom is 0.341 e. The van der Waals surface area contributed by atoms with Crippen molar-refractivity contribution in [2.45, 2.75) is 13.0 Å². The van der Waals surface area contributed by atoms with Crippen molar-refractivity contribution in [2.24, 2.45) is 0 Å². The van der Waals surface area contributed by atoms with Crippen LogP contribution in [0, 0.1) is 0 Å². The predicted molar refractivity (Wildman–Crippen MR) is 117 cm³/mol. The van der Waals surface area contributed by atoms with Gasteiger partial charge in [0.25, 0.3) is 11.8 Å². The quantitative estimate of drug-likeness (QED) is 0.563. The van der Waals surface area contributed by atoms with E-state index in [0.717, 1.165) is 5.69 Å². The number of hydrogen-bond acceptors (Lipinski definition) is 6. The van der Waals surface area contributed by atoms with Gasteiger partial charge < -0.3 is 24.7 Å². The number of furan rings is 1. The van der Waals surface area contributed by atoms with Gasteiger partial charge in [0.1, 0.15) is 0 Å². The van der Waals surface area contributed by atoms with Crippen molar-refractivity contribution in [3.8, 4) is 0 Å². The first-order chi connectivity index (χ1) is 14.8. The summed E-state index contributed by atoms with van der Waals surface area (Å²) in [5.74, 6) is -1.60. The molecule has 160 valence electrons. The summed E-state index contributed by atoms with van der Waals surface area (Å²) in [6.07, 6.45) is 0.332. The van der Waals surface area contributed by atoms with E-state index >= 15 is 0 Å². The van der Waals surface area contributed by atoms with Crippen molar-refractivity contribution >= 4 is 34.8 Å². The fourth-order valence-corrected chi connectivity index (χ4v) is 2.73. The molecule has 2 N–H and O–H groups in total. The summed E-state index contributed by atoms with van der Waals surface area (Å²) in [5, 5.41) is 5.33. The minimum atomic E-state index is -1.05. The van der Waals surface area contributed by atoms with Gasteiger partial charge in [-0.25, -0.2) is 4.79 Å². The van der Waals surface area contributed by atoms with Crippen LogP contribution in [0.15, 0.2) is 71.3 Å². The number of nitrogens with one attached hydrogen (secondary N) is 2. The lowest BCUT2D eigenvalue weighted by molar-refractivity contribution is -0.123. The first kappa shape index (κ1) is 21.6. The molecule has 31 heavy (non-hydrogen) atoms. The second-order valence-corrected chi connectivity index (χ2v) is 6.96. The van der Waals surface area contributed by atoms with Gasteiger partial charge >= 0.3 is 5.97 Å². The zero-order valence-electron chi connectivity index (χ0n) is 17.4. The van der Waals surface area contributed by atoms with Gasteiger partial charge in [-0.2, -0.15) is 0 Å². The Morgan fingerprint density at radius 3 is 2.29 bits per heavy atom. The number of esters is 1. The smallest absolute Gasteiger partial charge is 0.341 e. The minimum Gasteiger partial charge on any atom is -0.459 e. The number of benzene rings is 2. The topological polar surface area (TPSA) is 101 Å². The Hall–Kier alpha value is -4.07. The molecule has 0 radical (unpaired) electrons. The van der Waals surface area contributed by atoms with Crippen molar-refractivity contribution in [1.29, 1.82) is 0 Å². The maximum atomic E-state index is 12.6. The van der Waals surface area contributed by atoms with Crippen LogP contribution in [0.3, 0.4) is 0 Å². The predicted octanol–water partition coefficient (Wildman–Crippen LogP) is 3.78. The molecule has 1 aromatic heterocycles. The standard InChI is InChI=1S/C23H23N3O5/c1-15(21(27)24-16-10-12-17(13-11-16)26(2)3)31-23(29)18-7-4-5-8-19(18)25-22(28)20-9-6-14-30-20/h4-15H,1-3H3,(H,24,27)(H,25,28). The van der Waals surface area contributed by atoms with E-state index in [1.807, 2.05) is 31.1 Å². The van der Waals surface area contributed by atoms with Crippen LogP contribution in [0.4, 0.5) is 17.1 Å². The average molecular weight is 421 g/mol. The first-order valence-corrected chi connectivity index (χ1v) is 9.58. The summed E-state index contributed by atoms with van der Waals surface area (Å²) in [6, 6.07) is 16.7. The molecule has 0 spiro atoms. The van der Waals surface area contributed by atoms with Gasteiger partial charge in [0, 0.05) is 25.5 Å². The number of hydrogen-bond donors (Lipinski definition) is 2. The molecule has 0 fully saturated rings. The average Bonchev–Trinajstić information content (AvgIpc) is 3.29. The number of carbonyl (C=O) groups is 3. The summed E-state index contributed by atoms with van der Waals surface area (Å²) in [5.41, 5.74) is 1.95. The van der Waals surface area contributed by atoms with Gasteiger partial charge in [-0.3, -0.25) is 9.59 Å². The molecule has 1 atom stereocenters. The van der Waals surface area contributed by atoms with Crippen LogP contribution >= 0.6 is 0 Å². The van der Waals surface area contributed by atoms with Crippen LogP contribution < -0.4 is 15.5 Å². The SMILES string of the molecule is CC(OC(=O)c1ccccc1NC(=O)c1ccco1)C(=O)Nc1ccc(N(C)C)cc1. The zero-order chi connectivity index (χ0) is 22.4. The Labute approximate surface area is 179 Å². The van der Waals surface area contributed by atoms with Crippen LogP contribution in [0.1, 0.15) is 27.8 Å². The van der Waals surface area contributed by atoms with Crippen LogP contribution in [0.5, 0.6) is 0 Å². The van der Waals surface area contributed by atoms with E-state index in [2.05, 4.69) is 10.6 Å². The Morgan fingerprint density at radius 1 is 0.935 bits per heavy atom. The minimum absolute atomic E-state index is 0.108. The van der Waals surface area contributed by atoms with E-state index in [9.17, 15) is 14.4 Å². The van der Waals surface area contributed by atoms with E-state index in [1.54, 1.807) is 36.4 Å². The number of amides is 2. The molecule has 0 aliphatic carbocycles. The fourth-order valence-electron chi connectivity index (χ4n) is 2.73. The molecule has 0 bridgehead atoms. The number of carbonyl (C=O) groups excluding carboxylic acids is 3. The van der Waals surface area contributed by atoms with Crippen molar-refractivity contribution in [3.63, 3.8) is 0 Å². The van der Waals surface area contributed by atoms with Gasteiger partial charge in [-0.05, 0) is 55.5 Å². The summed E-state index contributed by atoms with van der Waals surface area (Å²) < 4.78 is 10.4. The normalized spacial score (nSPS) is 11.3. The molecule has 3 aromatic rings.